The van der Waals surface area contributed by atoms with E-state index in [4.69, 9.17) is 25.2 Å². The lowest BCUT2D eigenvalue weighted by atomic mass is 9.85. The Morgan fingerprint density at radius 3 is 1.85 bits per heavy atom. The van der Waals surface area contributed by atoms with Gasteiger partial charge in [0.25, 0.3) is 0 Å². The Kier molecular flexibility index (Phi) is 3.58. The van der Waals surface area contributed by atoms with Gasteiger partial charge in [0.05, 0.1) is 0 Å². The highest BCUT2D eigenvalue weighted by Crippen LogP contribution is 2.14. The fourth-order valence-electron chi connectivity index (χ4n) is 1.21. The largest absolute Gasteiger partial charge is 0.352 e. The van der Waals surface area contributed by atoms with Crippen LogP contribution in [0, 0.1) is 0 Å². The van der Waals surface area contributed by atoms with Gasteiger partial charge in [-0.1, -0.05) is 29.1 Å². The van der Waals surface area contributed by atoms with E-state index in [-0.39, 0.29) is 0 Å². The molecule has 4 radical (unpaired) electrons. The molecule has 13 heavy (non-hydrogen) atoms. The molecule has 2 nitrogen and oxygen atoms in total. The van der Waals surface area contributed by atoms with Gasteiger partial charge in [-0.05, 0) is 0 Å². The Bertz CT molecular complexity index is 265. The van der Waals surface area contributed by atoms with E-state index in [9.17, 15) is 0 Å². The molecule has 0 aliphatic heterocycles. The molecule has 0 aromatic heterocycles. The van der Waals surface area contributed by atoms with Crippen LogP contribution in [0.2, 0.25) is 0 Å². The maximum Gasteiger partial charge on any atom is 0.183 e. The fraction of sp³-hybridized carbons (Fsp3) is 0.333. The molecular weight excluding hydrogens is 162 g/mol. The first-order valence-electron chi connectivity index (χ1n) is 3.89. The molecule has 0 amide bonds. The Morgan fingerprint density at radius 1 is 1.00 bits per heavy atom. The van der Waals surface area contributed by atoms with Gasteiger partial charge in [0.15, 0.2) is 6.29 Å². The molecule has 64 valence electrons. The SMILES string of the molecule is [B]c1cc([B])cc(C(OC)OC)c1. The molecule has 1 aromatic rings. The third-order valence-electron chi connectivity index (χ3n) is 1.70. The standard InChI is InChI=1S/C9H10B2O2/c1-12-9(13-2)6-3-7(10)5-8(11)4-6/h3-5,9H,1-2H3. The quantitative estimate of drug-likeness (QED) is 0.454. The molecule has 0 spiro atoms. The van der Waals surface area contributed by atoms with E-state index in [2.05, 4.69) is 0 Å². The molecule has 4 heteroatoms. The summed E-state index contributed by atoms with van der Waals surface area (Å²) in [6, 6.07) is 5.23. The van der Waals surface area contributed by atoms with Crippen molar-refractivity contribution in [3.63, 3.8) is 0 Å². The molecular formula is C9H10B2O2. The molecule has 0 N–H and O–H groups in total. The fourth-order valence-corrected chi connectivity index (χ4v) is 1.21. The van der Waals surface area contributed by atoms with Crippen molar-refractivity contribution in [2.24, 2.45) is 0 Å². The minimum atomic E-state index is -0.411. The summed E-state index contributed by atoms with van der Waals surface area (Å²) < 4.78 is 10.1. The molecule has 0 bridgehead atoms. The van der Waals surface area contributed by atoms with Crippen molar-refractivity contribution < 1.29 is 9.47 Å². The van der Waals surface area contributed by atoms with Gasteiger partial charge in [-0.3, -0.25) is 0 Å². The molecule has 0 aliphatic carbocycles. The molecule has 0 aliphatic rings. The third-order valence-corrected chi connectivity index (χ3v) is 1.70. The number of ether oxygens (including phenoxy) is 2. The van der Waals surface area contributed by atoms with Crippen LogP contribution in [0.5, 0.6) is 0 Å². The summed E-state index contributed by atoms with van der Waals surface area (Å²) in [6.45, 7) is 0. The van der Waals surface area contributed by atoms with Crippen LogP contribution in [0.25, 0.3) is 0 Å². The summed E-state index contributed by atoms with van der Waals surface area (Å²) in [7, 11) is 14.4. The number of rotatable bonds is 3. The van der Waals surface area contributed by atoms with Crippen molar-refractivity contribution in [3.8, 4) is 0 Å². The van der Waals surface area contributed by atoms with Crippen LogP contribution in [0.3, 0.4) is 0 Å². The summed E-state index contributed by atoms with van der Waals surface area (Å²) in [6.07, 6.45) is -0.411. The Labute approximate surface area is 81.1 Å². The summed E-state index contributed by atoms with van der Waals surface area (Å²) in [5.41, 5.74) is 2.03. The van der Waals surface area contributed by atoms with Crippen LogP contribution >= 0.6 is 0 Å². The minimum absolute atomic E-state index is 0.411. The van der Waals surface area contributed by atoms with Gasteiger partial charge in [0.1, 0.15) is 15.7 Å². The minimum Gasteiger partial charge on any atom is -0.352 e. The highest BCUT2D eigenvalue weighted by molar-refractivity contribution is 6.37. The second-order valence-corrected chi connectivity index (χ2v) is 2.74. The zero-order valence-electron chi connectivity index (χ0n) is 7.78. The van der Waals surface area contributed by atoms with E-state index in [1.807, 2.05) is 0 Å². The topological polar surface area (TPSA) is 18.5 Å². The summed E-state index contributed by atoms with van der Waals surface area (Å²) >= 11 is 0. The van der Waals surface area contributed by atoms with Crippen molar-refractivity contribution in [2.75, 3.05) is 14.2 Å². The van der Waals surface area contributed by atoms with Gasteiger partial charge in [-0.15, -0.1) is 0 Å². The van der Waals surface area contributed by atoms with Crippen LogP contribution in [0.15, 0.2) is 18.2 Å². The van der Waals surface area contributed by atoms with E-state index in [0.29, 0.717) is 10.9 Å². The number of hydrogen-bond acceptors (Lipinski definition) is 2. The molecule has 0 heterocycles. The van der Waals surface area contributed by atoms with Gasteiger partial charge in [0.2, 0.25) is 0 Å². The van der Waals surface area contributed by atoms with Crippen LogP contribution in [0.4, 0.5) is 0 Å². The Hall–Kier alpha value is -0.730. The maximum atomic E-state index is 5.62. The predicted octanol–water partition coefficient (Wildman–Crippen LogP) is -0.434. The van der Waals surface area contributed by atoms with Crippen molar-refractivity contribution >= 4 is 26.6 Å². The molecule has 0 saturated heterocycles. The van der Waals surface area contributed by atoms with E-state index >= 15 is 0 Å². The van der Waals surface area contributed by atoms with Gasteiger partial charge in [-0.25, -0.2) is 0 Å². The molecule has 0 atom stereocenters. The molecule has 1 aromatic carbocycles. The predicted molar refractivity (Wildman–Crippen MR) is 54.0 cm³/mol. The second-order valence-electron chi connectivity index (χ2n) is 2.74. The van der Waals surface area contributed by atoms with Gasteiger partial charge >= 0.3 is 0 Å². The van der Waals surface area contributed by atoms with Crippen LogP contribution < -0.4 is 10.9 Å². The average Bonchev–Trinajstić information content (AvgIpc) is 2.04. The summed E-state index contributed by atoms with van der Waals surface area (Å²) in [5, 5.41) is 0. The lowest BCUT2D eigenvalue weighted by molar-refractivity contribution is -0.105. The van der Waals surface area contributed by atoms with Crippen LogP contribution in [-0.2, 0) is 9.47 Å². The highest BCUT2D eigenvalue weighted by atomic mass is 16.7. The number of benzene rings is 1. The highest BCUT2D eigenvalue weighted by Gasteiger charge is 2.08. The monoisotopic (exact) mass is 172 g/mol. The molecule has 1 rings (SSSR count). The van der Waals surface area contributed by atoms with Crippen molar-refractivity contribution in [3.05, 3.63) is 23.8 Å². The first-order valence-corrected chi connectivity index (χ1v) is 3.89. The van der Waals surface area contributed by atoms with E-state index in [1.54, 1.807) is 32.4 Å². The molecule has 0 saturated carbocycles. The van der Waals surface area contributed by atoms with Crippen LogP contribution in [0.1, 0.15) is 11.9 Å². The van der Waals surface area contributed by atoms with Crippen LogP contribution in [-0.4, -0.2) is 29.9 Å². The zero-order valence-corrected chi connectivity index (χ0v) is 7.78. The van der Waals surface area contributed by atoms with Crippen molar-refractivity contribution in [2.45, 2.75) is 6.29 Å². The van der Waals surface area contributed by atoms with E-state index in [0.717, 1.165) is 5.56 Å². The lowest BCUT2D eigenvalue weighted by Crippen LogP contribution is -2.17. The smallest absolute Gasteiger partial charge is 0.183 e. The normalized spacial score (nSPS) is 10.7. The van der Waals surface area contributed by atoms with Gasteiger partial charge in [0, 0.05) is 19.8 Å². The second kappa shape index (κ2) is 4.49. The number of hydrogen-bond donors (Lipinski definition) is 0. The Morgan fingerprint density at radius 2 is 1.46 bits per heavy atom. The number of methoxy groups -OCH3 is 2. The Balaban J connectivity index is 2.99. The van der Waals surface area contributed by atoms with Crippen molar-refractivity contribution in [1.82, 2.24) is 0 Å². The molecule has 0 unspecified atom stereocenters. The lowest BCUT2D eigenvalue weighted by Gasteiger charge is -2.15. The van der Waals surface area contributed by atoms with E-state index < -0.39 is 6.29 Å². The molecule has 0 fully saturated rings. The third kappa shape index (κ3) is 2.61. The van der Waals surface area contributed by atoms with Gasteiger partial charge in [-0.2, -0.15) is 0 Å². The maximum absolute atomic E-state index is 5.62. The first kappa shape index (κ1) is 10.4. The summed E-state index contributed by atoms with van der Waals surface area (Å²) in [4.78, 5) is 0. The van der Waals surface area contributed by atoms with Crippen molar-refractivity contribution in [1.29, 1.82) is 0 Å². The average molecular weight is 172 g/mol. The summed E-state index contributed by atoms with van der Waals surface area (Å²) in [5.74, 6) is 0. The first-order chi connectivity index (χ1) is 6.17. The van der Waals surface area contributed by atoms with E-state index in [1.165, 1.54) is 0 Å². The van der Waals surface area contributed by atoms with Gasteiger partial charge < -0.3 is 9.47 Å². The zero-order chi connectivity index (χ0) is 9.84.